The zero-order valence-corrected chi connectivity index (χ0v) is 12.5. The number of carbonyl (C=O) groups excluding carboxylic acids is 1. The first-order valence-corrected chi connectivity index (χ1v) is 6.92. The van der Waals surface area contributed by atoms with Crippen LogP contribution in [0.5, 0.6) is 0 Å². The van der Waals surface area contributed by atoms with Crippen molar-refractivity contribution in [1.29, 1.82) is 0 Å². The second kappa shape index (κ2) is 7.83. The largest absolute Gasteiger partial charge is 0.479 e. The van der Waals surface area contributed by atoms with Crippen molar-refractivity contribution >= 4 is 13.2 Å². The summed E-state index contributed by atoms with van der Waals surface area (Å²) in [6, 6.07) is 0. The molecule has 1 aliphatic rings. The van der Waals surface area contributed by atoms with Gasteiger partial charge < -0.3 is 24.4 Å². The van der Waals surface area contributed by atoms with Crippen molar-refractivity contribution in [2.75, 3.05) is 45.8 Å². The van der Waals surface area contributed by atoms with Gasteiger partial charge in [0.15, 0.2) is 0 Å². The Morgan fingerprint density at radius 1 is 1.20 bits per heavy atom. The van der Waals surface area contributed by atoms with Gasteiger partial charge in [0.25, 0.3) is 0 Å². The maximum Gasteiger partial charge on any atom is 0.479 e. The van der Waals surface area contributed by atoms with Crippen LogP contribution in [0, 0.1) is 0 Å². The molecule has 1 heterocycles. The van der Waals surface area contributed by atoms with Gasteiger partial charge in [-0.3, -0.25) is 4.90 Å². The van der Waals surface area contributed by atoms with Gasteiger partial charge in [0.2, 0.25) is 0 Å². The van der Waals surface area contributed by atoms with E-state index < -0.39 is 12.7 Å². The third-order valence-corrected chi connectivity index (χ3v) is 2.84. The minimum Gasteiger partial charge on any atom is -0.444 e. The van der Waals surface area contributed by atoms with Gasteiger partial charge in [-0.15, -0.1) is 0 Å². The molecular weight excluding hydrogens is 263 g/mol. The van der Waals surface area contributed by atoms with Gasteiger partial charge >= 0.3 is 13.2 Å². The molecule has 116 valence electrons. The molecular formula is C12H25BN2O5. The third-order valence-electron chi connectivity index (χ3n) is 2.84. The van der Waals surface area contributed by atoms with Crippen molar-refractivity contribution in [1.82, 2.24) is 9.80 Å². The summed E-state index contributed by atoms with van der Waals surface area (Å²) < 4.78 is 10.4. The highest BCUT2D eigenvalue weighted by Crippen LogP contribution is 2.11. The summed E-state index contributed by atoms with van der Waals surface area (Å²) in [5.74, 6) is 0. The molecule has 8 heteroatoms. The Kier molecular flexibility index (Phi) is 6.74. The number of hydrogen-bond acceptors (Lipinski definition) is 6. The highest BCUT2D eigenvalue weighted by molar-refractivity contribution is 6.40. The lowest BCUT2D eigenvalue weighted by molar-refractivity contribution is 0.0121. The number of amides is 1. The molecule has 2 N–H and O–H groups in total. The highest BCUT2D eigenvalue weighted by atomic mass is 16.6. The first kappa shape index (κ1) is 17.2. The molecule has 7 nitrogen and oxygen atoms in total. The fraction of sp³-hybridized carbons (Fsp3) is 0.917. The summed E-state index contributed by atoms with van der Waals surface area (Å²) in [6.45, 7) is 9.47. The zero-order chi connectivity index (χ0) is 15.2. The lowest BCUT2D eigenvalue weighted by atomic mass is 9.95. The number of hydrogen-bond donors (Lipinski definition) is 2. The van der Waals surface area contributed by atoms with Crippen molar-refractivity contribution < 1.29 is 24.3 Å². The molecule has 0 aliphatic carbocycles. The quantitative estimate of drug-likeness (QED) is 0.527. The monoisotopic (exact) mass is 288 g/mol. The Balaban J connectivity index is 2.18. The van der Waals surface area contributed by atoms with Crippen LogP contribution in [0.25, 0.3) is 0 Å². The van der Waals surface area contributed by atoms with E-state index in [0.29, 0.717) is 19.7 Å². The van der Waals surface area contributed by atoms with Crippen LogP contribution in [-0.4, -0.2) is 84.5 Å². The second-order valence-electron chi connectivity index (χ2n) is 5.86. The first-order valence-electron chi connectivity index (χ1n) is 6.92. The topological polar surface area (TPSA) is 82.5 Å². The molecule has 0 unspecified atom stereocenters. The Labute approximate surface area is 120 Å². The SMILES string of the molecule is CC(C)(C)OC(=O)N1CCN(CCOCB(O)O)CC1. The molecule has 0 saturated carbocycles. The fourth-order valence-corrected chi connectivity index (χ4v) is 1.86. The van der Waals surface area contributed by atoms with E-state index in [9.17, 15) is 4.79 Å². The van der Waals surface area contributed by atoms with Gasteiger partial charge in [-0.25, -0.2) is 4.79 Å². The van der Waals surface area contributed by atoms with Crippen molar-refractivity contribution in [3.63, 3.8) is 0 Å². The minimum absolute atomic E-state index is 0.0716. The summed E-state index contributed by atoms with van der Waals surface area (Å²) in [5.41, 5.74) is -0.465. The van der Waals surface area contributed by atoms with Gasteiger partial charge in [0.05, 0.1) is 13.1 Å². The molecule has 1 saturated heterocycles. The van der Waals surface area contributed by atoms with Crippen LogP contribution < -0.4 is 0 Å². The van der Waals surface area contributed by atoms with E-state index in [1.54, 1.807) is 4.90 Å². The molecule has 0 aromatic heterocycles. The van der Waals surface area contributed by atoms with Crippen molar-refractivity contribution in [3.05, 3.63) is 0 Å². The van der Waals surface area contributed by atoms with E-state index in [2.05, 4.69) is 4.90 Å². The van der Waals surface area contributed by atoms with Crippen LogP contribution in [0.15, 0.2) is 0 Å². The van der Waals surface area contributed by atoms with E-state index in [1.807, 2.05) is 20.8 Å². The van der Waals surface area contributed by atoms with Gasteiger partial charge in [-0.1, -0.05) is 0 Å². The van der Waals surface area contributed by atoms with Gasteiger partial charge in [0.1, 0.15) is 5.60 Å². The summed E-state index contributed by atoms with van der Waals surface area (Å²) >= 11 is 0. The average Bonchev–Trinajstić information content (AvgIpc) is 2.33. The molecule has 0 radical (unpaired) electrons. The van der Waals surface area contributed by atoms with Crippen molar-refractivity contribution in [2.24, 2.45) is 0 Å². The predicted octanol–water partition coefficient (Wildman–Crippen LogP) is -0.432. The molecule has 0 atom stereocenters. The maximum absolute atomic E-state index is 11.9. The van der Waals surface area contributed by atoms with E-state index in [4.69, 9.17) is 19.5 Å². The Morgan fingerprint density at radius 3 is 2.30 bits per heavy atom. The van der Waals surface area contributed by atoms with E-state index in [1.165, 1.54) is 0 Å². The molecule has 0 spiro atoms. The third kappa shape index (κ3) is 7.09. The molecule has 1 aliphatic heterocycles. The number of rotatable bonds is 5. The molecule has 0 aromatic rings. The van der Waals surface area contributed by atoms with E-state index in [0.717, 1.165) is 19.6 Å². The van der Waals surface area contributed by atoms with Gasteiger partial charge in [0, 0.05) is 32.7 Å². The van der Waals surface area contributed by atoms with E-state index in [-0.39, 0.29) is 12.6 Å². The van der Waals surface area contributed by atoms with Crippen LogP contribution in [0.4, 0.5) is 4.79 Å². The molecule has 20 heavy (non-hydrogen) atoms. The fourth-order valence-electron chi connectivity index (χ4n) is 1.86. The summed E-state index contributed by atoms with van der Waals surface area (Å²) in [5, 5.41) is 17.3. The smallest absolute Gasteiger partial charge is 0.444 e. The summed E-state index contributed by atoms with van der Waals surface area (Å²) in [6.07, 6.45) is -0.267. The maximum atomic E-state index is 11.9. The van der Waals surface area contributed by atoms with Crippen LogP contribution in [-0.2, 0) is 9.47 Å². The average molecular weight is 288 g/mol. The number of piperazine rings is 1. The number of ether oxygens (including phenoxy) is 2. The second-order valence-corrected chi connectivity index (χ2v) is 5.86. The normalized spacial score (nSPS) is 17.1. The van der Waals surface area contributed by atoms with Crippen LogP contribution in [0.2, 0.25) is 0 Å². The Morgan fingerprint density at radius 2 is 1.80 bits per heavy atom. The number of nitrogens with zero attached hydrogens (tertiary/aromatic N) is 2. The lowest BCUT2D eigenvalue weighted by Crippen LogP contribution is -2.50. The molecule has 0 aromatic carbocycles. The van der Waals surface area contributed by atoms with Gasteiger partial charge in [-0.2, -0.15) is 0 Å². The standard InChI is InChI=1S/C12H25BN2O5/c1-12(2,3)20-11(16)15-6-4-14(5-7-15)8-9-19-10-13(17)18/h17-18H,4-10H2,1-3H3. The minimum atomic E-state index is -1.42. The molecule has 0 bridgehead atoms. The molecule has 1 fully saturated rings. The predicted molar refractivity (Wildman–Crippen MR) is 75.3 cm³/mol. The zero-order valence-electron chi connectivity index (χ0n) is 12.5. The first-order chi connectivity index (χ1) is 9.28. The molecule has 1 rings (SSSR count). The molecule has 1 amide bonds. The summed E-state index contributed by atoms with van der Waals surface area (Å²) in [4.78, 5) is 15.7. The number of carbonyl (C=O) groups is 1. The van der Waals surface area contributed by atoms with Crippen molar-refractivity contribution in [3.8, 4) is 0 Å². The Bertz CT molecular complexity index is 301. The van der Waals surface area contributed by atoms with Crippen LogP contribution >= 0.6 is 0 Å². The highest BCUT2D eigenvalue weighted by Gasteiger charge is 2.25. The van der Waals surface area contributed by atoms with E-state index >= 15 is 0 Å². The van der Waals surface area contributed by atoms with Crippen molar-refractivity contribution in [2.45, 2.75) is 26.4 Å². The van der Waals surface area contributed by atoms with Crippen LogP contribution in [0.1, 0.15) is 20.8 Å². The Hall–Kier alpha value is -0.825. The van der Waals surface area contributed by atoms with Gasteiger partial charge in [-0.05, 0) is 20.8 Å². The summed E-state index contributed by atoms with van der Waals surface area (Å²) in [7, 11) is -1.42. The lowest BCUT2D eigenvalue weighted by Gasteiger charge is -2.35. The van der Waals surface area contributed by atoms with Crippen LogP contribution in [0.3, 0.4) is 0 Å².